The van der Waals surface area contributed by atoms with Crippen LogP contribution in [0.3, 0.4) is 0 Å². The molecule has 21 heavy (non-hydrogen) atoms. The predicted octanol–water partition coefficient (Wildman–Crippen LogP) is 2.63. The van der Waals surface area contributed by atoms with Crippen molar-refractivity contribution in [1.29, 1.82) is 0 Å². The van der Waals surface area contributed by atoms with Gasteiger partial charge in [-0.2, -0.15) is 0 Å². The smallest absolute Gasteiger partial charge is 0.119 e. The normalized spacial score (nSPS) is 22.8. The lowest BCUT2D eigenvalue weighted by Gasteiger charge is -2.36. The summed E-state index contributed by atoms with van der Waals surface area (Å²) in [5.41, 5.74) is -0.0827. The van der Waals surface area contributed by atoms with Gasteiger partial charge in [0.25, 0.3) is 0 Å². The molecule has 1 aliphatic rings. The quantitative estimate of drug-likeness (QED) is 0.847. The molecule has 0 saturated carbocycles. The first kappa shape index (κ1) is 16.6. The Balaban J connectivity index is 1.67. The molecule has 1 heterocycles. The number of hydrogen-bond acceptors (Lipinski definition) is 4. The second-order valence-corrected chi connectivity index (χ2v) is 6.56. The molecule has 118 valence electrons. The number of aliphatic hydroxyl groups is 1. The lowest BCUT2D eigenvalue weighted by molar-refractivity contribution is -0.0641. The van der Waals surface area contributed by atoms with Crippen LogP contribution in [0.5, 0.6) is 5.75 Å². The Bertz CT molecular complexity index is 436. The van der Waals surface area contributed by atoms with Crippen molar-refractivity contribution in [1.82, 2.24) is 5.32 Å². The Labute approximate surface area is 131 Å². The van der Waals surface area contributed by atoms with E-state index in [9.17, 15) is 5.11 Å². The van der Waals surface area contributed by atoms with Crippen LogP contribution in [0.2, 0.25) is 5.02 Å². The SMILES string of the molecule is CC1(C)CC(NCC(O)COc2ccc(Cl)cc2)CCO1. The first-order valence-electron chi connectivity index (χ1n) is 7.38. The molecule has 0 aromatic heterocycles. The summed E-state index contributed by atoms with van der Waals surface area (Å²) >= 11 is 5.81. The fourth-order valence-corrected chi connectivity index (χ4v) is 2.62. The third kappa shape index (κ3) is 5.83. The second-order valence-electron chi connectivity index (χ2n) is 6.12. The molecular weight excluding hydrogens is 290 g/mol. The van der Waals surface area contributed by atoms with Gasteiger partial charge in [0.05, 0.1) is 5.60 Å². The molecule has 1 fully saturated rings. The first-order valence-corrected chi connectivity index (χ1v) is 7.76. The van der Waals surface area contributed by atoms with Crippen LogP contribution in [-0.4, -0.2) is 42.6 Å². The summed E-state index contributed by atoms with van der Waals surface area (Å²) in [6.45, 7) is 5.75. The molecule has 0 aliphatic carbocycles. The van der Waals surface area contributed by atoms with Gasteiger partial charge in [0.1, 0.15) is 18.5 Å². The Hall–Kier alpha value is -0.810. The molecule has 1 aromatic carbocycles. The molecule has 2 unspecified atom stereocenters. The summed E-state index contributed by atoms with van der Waals surface area (Å²) in [6.07, 6.45) is 1.40. The van der Waals surface area contributed by atoms with Crippen molar-refractivity contribution in [2.75, 3.05) is 19.8 Å². The van der Waals surface area contributed by atoms with Crippen LogP contribution in [0.15, 0.2) is 24.3 Å². The summed E-state index contributed by atoms with van der Waals surface area (Å²) < 4.78 is 11.2. The molecule has 1 saturated heterocycles. The van der Waals surface area contributed by atoms with Gasteiger partial charge in [0, 0.05) is 24.2 Å². The molecule has 2 N–H and O–H groups in total. The van der Waals surface area contributed by atoms with Crippen LogP contribution in [0, 0.1) is 0 Å². The topological polar surface area (TPSA) is 50.7 Å². The van der Waals surface area contributed by atoms with E-state index in [0.29, 0.717) is 23.4 Å². The third-order valence-electron chi connectivity index (χ3n) is 3.60. The highest BCUT2D eigenvalue weighted by atomic mass is 35.5. The Morgan fingerprint density at radius 1 is 1.43 bits per heavy atom. The molecule has 0 radical (unpaired) electrons. The van der Waals surface area contributed by atoms with E-state index < -0.39 is 6.10 Å². The average molecular weight is 314 g/mol. The molecule has 1 aliphatic heterocycles. The van der Waals surface area contributed by atoms with Gasteiger partial charge in [0.2, 0.25) is 0 Å². The number of halogens is 1. The minimum Gasteiger partial charge on any atom is -0.491 e. The van der Waals surface area contributed by atoms with Gasteiger partial charge in [-0.1, -0.05) is 11.6 Å². The van der Waals surface area contributed by atoms with Crippen molar-refractivity contribution in [3.05, 3.63) is 29.3 Å². The Morgan fingerprint density at radius 3 is 2.81 bits per heavy atom. The molecule has 0 spiro atoms. The molecule has 4 nitrogen and oxygen atoms in total. The largest absolute Gasteiger partial charge is 0.491 e. The highest BCUT2D eigenvalue weighted by molar-refractivity contribution is 6.30. The summed E-state index contributed by atoms with van der Waals surface area (Å²) in [4.78, 5) is 0. The van der Waals surface area contributed by atoms with Crippen LogP contribution in [0.25, 0.3) is 0 Å². The van der Waals surface area contributed by atoms with Crippen molar-refractivity contribution < 1.29 is 14.6 Å². The maximum absolute atomic E-state index is 9.98. The highest BCUT2D eigenvalue weighted by Gasteiger charge is 2.28. The molecule has 0 amide bonds. The zero-order valence-electron chi connectivity index (χ0n) is 12.6. The minimum absolute atomic E-state index is 0.0827. The third-order valence-corrected chi connectivity index (χ3v) is 3.85. The van der Waals surface area contributed by atoms with Gasteiger partial charge in [-0.15, -0.1) is 0 Å². The number of rotatable bonds is 6. The van der Waals surface area contributed by atoms with Crippen LogP contribution in [0.1, 0.15) is 26.7 Å². The van der Waals surface area contributed by atoms with E-state index in [2.05, 4.69) is 19.2 Å². The van der Waals surface area contributed by atoms with E-state index in [1.165, 1.54) is 0 Å². The molecule has 2 atom stereocenters. The molecular formula is C16H24ClNO3. The van der Waals surface area contributed by atoms with E-state index in [-0.39, 0.29) is 12.2 Å². The minimum atomic E-state index is -0.536. The molecule has 1 aromatic rings. The zero-order valence-corrected chi connectivity index (χ0v) is 13.4. The Morgan fingerprint density at radius 2 is 2.14 bits per heavy atom. The highest BCUT2D eigenvalue weighted by Crippen LogP contribution is 2.23. The van der Waals surface area contributed by atoms with Crippen molar-refractivity contribution in [3.8, 4) is 5.75 Å². The fourth-order valence-electron chi connectivity index (χ4n) is 2.49. The van der Waals surface area contributed by atoms with Gasteiger partial charge in [-0.3, -0.25) is 0 Å². The zero-order chi connectivity index (χ0) is 15.3. The lowest BCUT2D eigenvalue weighted by Crippen LogP contribution is -2.46. The number of hydrogen-bond donors (Lipinski definition) is 2. The predicted molar refractivity (Wildman–Crippen MR) is 84.0 cm³/mol. The van der Waals surface area contributed by atoms with Gasteiger partial charge in [-0.05, 0) is 51.0 Å². The molecule has 2 rings (SSSR count). The average Bonchev–Trinajstić information content (AvgIpc) is 2.43. The monoisotopic (exact) mass is 313 g/mol. The van der Waals surface area contributed by atoms with Crippen molar-refractivity contribution in [2.24, 2.45) is 0 Å². The van der Waals surface area contributed by atoms with Crippen LogP contribution in [0.4, 0.5) is 0 Å². The van der Waals surface area contributed by atoms with Crippen molar-refractivity contribution in [2.45, 2.75) is 44.4 Å². The van der Waals surface area contributed by atoms with E-state index in [4.69, 9.17) is 21.1 Å². The van der Waals surface area contributed by atoms with Crippen LogP contribution in [-0.2, 0) is 4.74 Å². The summed E-state index contributed by atoms with van der Waals surface area (Å²) in [5.74, 6) is 0.714. The molecule has 5 heteroatoms. The van der Waals surface area contributed by atoms with Gasteiger partial charge >= 0.3 is 0 Å². The number of aliphatic hydroxyl groups excluding tert-OH is 1. The van der Waals surface area contributed by atoms with Gasteiger partial charge < -0.3 is 19.9 Å². The van der Waals surface area contributed by atoms with E-state index in [0.717, 1.165) is 19.4 Å². The van der Waals surface area contributed by atoms with Crippen LogP contribution >= 0.6 is 11.6 Å². The van der Waals surface area contributed by atoms with Crippen molar-refractivity contribution in [3.63, 3.8) is 0 Å². The van der Waals surface area contributed by atoms with Crippen LogP contribution < -0.4 is 10.1 Å². The second kappa shape index (κ2) is 7.45. The maximum Gasteiger partial charge on any atom is 0.119 e. The number of ether oxygens (including phenoxy) is 2. The lowest BCUT2D eigenvalue weighted by atomic mass is 9.94. The van der Waals surface area contributed by atoms with E-state index >= 15 is 0 Å². The maximum atomic E-state index is 9.98. The number of nitrogens with one attached hydrogen (secondary N) is 1. The first-order chi connectivity index (χ1) is 9.94. The standard InChI is InChI=1S/C16H24ClNO3/c1-16(2)9-13(7-8-21-16)18-10-14(19)11-20-15-5-3-12(17)4-6-15/h3-6,13-14,18-19H,7-11H2,1-2H3. The van der Waals surface area contributed by atoms with E-state index in [1.807, 2.05) is 0 Å². The Kier molecular flexibility index (Phi) is 5.88. The molecule has 0 bridgehead atoms. The number of benzene rings is 1. The summed E-state index contributed by atoms with van der Waals surface area (Å²) in [6, 6.07) is 7.52. The summed E-state index contributed by atoms with van der Waals surface area (Å²) in [5, 5.41) is 14.0. The fraction of sp³-hybridized carbons (Fsp3) is 0.625. The van der Waals surface area contributed by atoms with E-state index in [1.54, 1.807) is 24.3 Å². The van der Waals surface area contributed by atoms with Crippen molar-refractivity contribution >= 4 is 11.6 Å². The van der Waals surface area contributed by atoms with Gasteiger partial charge in [-0.25, -0.2) is 0 Å². The summed E-state index contributed by atoms with van der Waals surface area (Å²) in [7, 11) is 0. The van der Waals surface area contributed by atoms with Gasteiger partial charge in [0.15, 0.2) is 0 Å².